The lowest BCUT2D eigenvalue weighted by Crippen LogP contribution is -2.03. The topological polar surface area (TPSA) is 34.1 Å². The van der Waals surface area contributed by atoms with Crippen molar-refractivity contribution in [1.29, 1.82) is 0 Å². The van der Waals surface area contributed by atoms with Crippen LogP contribution in [0, 0.1) is 0 Å². The number of hydrogen-bond acceptors (Lipinski definition) is 2. The SMILES string of the molecule is CCS(=O)(=O)c1ccc(CCBr)cc1. The van der Waals surface area contributed by atoms with Crippen molar-refractivity contribution in [3.8, 4) is 0 Å². The molecule has 0 amide bonds. The summed E-state index contributed by atoms with van der Waals surface area (Å²) in [6.45, 7) is 1.65. The van der Waals surface area contributed by atoms with Crippen LogP contribution in [0.15, 0.2) is 29.2 Å². The summed E-state index contributed by atoms with van der Waals surface area (Å²) in [5, 5.41) is 0.896. The number of rotatable bonds is 4. The van der Waals surface area contributed by atoms with Crippen LogP contribution >= 0.6 is 15.9 Å². The van der Waals surface area contributed by atoms with E-state index in [0.717, 1.165) is 17.3 Å². The standard InChI is InChI=1S/C10H13BrO2S/c1-2-14(12,13)10-5-3-9(4-6-10)7-8-11/h3-6H,2,7-8H2,1H3. The molecule has 0 atom stereocenters. The molecule has 0 radical (unpaired) electrons. The fourth-order valence-electron chi connectivity index (χ4n) is 1.14. The van der Waals surface area contributed by atoms with E-state index in [0.29, 0.717) is 4.90 Å². The maximum atomic E-state index is 11.5. The van der Waals surface area contributed by atoms with Gasteiger partial charge in [0.1, 0.15) is 0 Å². The molecule has 1 aromatic rings. The smallest absolute Gasteiger partial charge is 0.178 e. The zero-order valence-electron chi connectivity index (χ0n) is 8.03. The first-order valence-electron chi connectivity index (χ1n) is 4.48. The molecule has 0 saturated carbocycles. The van der Waals surface area contributed by atoms with Crippen molar-refractivity contribution in [2.75, 3.05) is 11.1 Å². The minimum atomic E-state index is -3.04. The first-order chi connectivity index (χ1) is 6.60. The van der Waals surface area contributed by atoms with Crippen LogP contribution in [0.4, 0.5) is 0 Å². The number of aryl methyl sites for hydroxylation is 1. The van der Waals surface area contributed by atoms with E-state index < -0.39 is 9.84 Å². The average molecular weight is 277 g/mol. The molecule has 0 aliphatic rings. The summed E-state index contributed by atoms with van der Waals surface area (Å²) in [4.78, 5) is 0.415. The number of hydrogen-bond donors (Lipinski definition) is 0. The summed E-state index contributed by atoms with van der Waals surface area (Å²) in [6, 6.07) is 7.08. The molecular weight excluding hydrogens is 264 g/mol. The summed E-state index contributed by atoms with van der Waals surface area (Å²) < 4.78 is 22.9. The van der Waals surface area contributed by atoms with Gasteiger partial charge in [-0.25, -0.2) is 8.42 Å². The van der Waals surface area contributed by atoms with Crippen molar-refractivity contribution < 1.29 is 8.42 Å². The van der Waals surface area contributed by atoms with Crippen molar-refractivity contribution in [3.05, 3.63) is 29.8 Å². The summed E-state index contributed by atoms with van der Waals surface area (Å²) in [5.74, 6) is 0.158. The van der Waals surface area contributed by atoms with Crippen LogP contribution in [0.1, 0.15) is 12.5 Å². The van der Waals surface area contributed by atoms with E-state index in [1.807, 2.05) is 12.1 Å². The second kappa shape index (κ2) is 4.94. The van der Waals surface area contributed by atoms with Gasteiger partial charge in [0.2, 0.25) is 0 Å². The Morgan fingerprint density at radius 3 is 2.21 bits per heavy atom. The zero-order chi connectivity index (χ0) is 10.6. The van der Waals surface area contributed by atoms with Gasteiger partial charge in [-0.1, -0.05) is 35.0 Å². The van der Waals surface area contributed by atoms with Crippen molar-refractivity contribution in [2.24, 2.45) is 0 Å². The van der Waals surface area contributed by atoms with Gasteiger partial charge in [0.25, 0.3) is 0 Å². The first-order valence-corrected chi connectivity index (χ1v) is 7.25. The van der Waals surface area contributed by atoms with Crippen molar-refractivity contribution in [2.45, 2.75) is 18.2 Å². The monoisotopic (exact) mass is 276 g/mol. The lowest BCUT2D eigenvalue weighted by Gasteiger charge is -2.02. The molecule has 0 heterocycles. The third-order valence-electron chi connectivity index (χ3n) is 2.05. The fourth-order valence-corrected chi connectivity index (χ4v) is 2.48. The summed E-state index contributed by atoms with van der Waals surface area (Å²) >= 11 is 3.34. The molecule has 0 spiro atoms. The van der Waals surface area contributed by atoms with Gasteiger partial charge in [-0.15, -0.1) is 0 Å². The Morgan fingerprint density at radius 2 is 1.79 bits per heavy atom. The third kappa shape index (κ3) is 2.82. The van der Waals surface area contributed by atoms with Gasteiger partial charge >= 0.3 is 0 Å². The van der Waals surface area contributed by atoms with Gasteiger partial charge in [0, 0.05) is 5.33 Å². The van der Waals surface area contributed by atoms with Gasteiger partial charge in [0.05, 0.1) is 10.6 Å². The molecule has 1 aromatic carbocycles. The van der Waals surface area contributed by atoms with Gasteiger partial charge < -0.3 is 0 Å². The highest BCUT2D eigenvalue weighted by atomic mass is 79.9. The van der Waals surface area contributed by atoms with Crippen LogP contribution in [0.5, 0.6) is 0 Å². The molecule has 0 aliphatic heterocycles. The van der Waals surface area contributed by atoms with E-state index in [9.17, 15) is 8.42 Å². The molecule has 4 heteroatoms. The molecule has 0 aliphatic carbocycles. The van der Waals surface area contributed by atoms with Crippen LogP contribution in [0.25, 0.3) is 0 Å². The second-order valence-electron chi connectivity index (χ2n) is 2.99. The van der Waals surface area contributed by atoms with Crippen molar-refractivity contribution in [1.82, 2.24) is 0 Å². The highest BCUT2D eigenvalue weighted by Crippen LogP contribution is 2.12. The van der Waals surface area contributed by atoms with Crippen LogP contribution in [0.2, 0.25) is 0 Å². The molecule has 78 valence electrons. The van der Waals surface area contributed by atoms with Crippen LogP contribution < -0.4 is 0 Å². The first kappa shape index (κ1) is 11.7. The highest BCUT2D eigenvalue weighted by Gasteiger charge is 2.10. The molecular formula is C10H13BrO2S. The lowest BCUT2D eigenvalue weighted by atomic mass is 10.2. The lowest BCUT2D eigenvalue weighted by molar-refractivity contribution is 0.597. The quantitative estimate of drug-likeness (QED) is 0.792. The Kier molecular flexibility index (Phi) is 4.13. The number of alkyl halides is 1. The predicted octanol–water partition coefficient (Wildman–Crippen LogP) is 2.42. The average Bonchev–Trinajstić information content (AvgIpc) is 2.19. The van der Waals surface area contributed by atoms with E-state index in [2.05, 4.69) is 15.9 Å². The van der Waals surface area contributed by atoms with Crippen molar-refractivity contribution >= 4 is 25.8 Å². The maximum Gasteiger partial charge on any atom is 0.178 e. The largest absolute Gasteiger partial charge is 0.224 e. The molecule has 2 nitrogen and oxygen atoms in total. The van der Waals surface area contributed by atoms with Crippen LogP contribution in [0.3, 0.4) is 0 Å². The molecule has 0 fully saturated rings. The predicted molar refractivity (Wildman–Crippen MR) is 61.7 cm³/mol. The molecule has 1 rings (SSSR count). The minimum absolute atomic E-state index is 0.158. The number of halogens is 1. The minimum Gasteiger partial charge on any atom is -0.224 e. The van der Waals surface area contributed by atoms with Crippen LogP contribution in [-0.4, -0.2) is 19.5 Å². The van der Waals surface area contributed by atoms with E-state index in [4.69, 9.17) is 0 Å². The number of sulfone groups is 1. The van der Waals surface area contributed by atoms with Crippen LogP contribution in [-0.2, 0) is 16.3 Å². The molecule has 0 unspecified atom stereocenters. The van der Waals surface area contributed by atoms with Gasteiger partial charge in [-0.2, -0.15) is 0 Å². The normalized spacial score (nSPS) is 11.6. The summed E-state index contributed by atoms with van der Waals surface area (Å²) in [7, 11) is -3.04. The molecule has 14 heavy (non-hydrogen) atoms. The van der Waals surface area contributed by atoms with Gasteiger partial charge in [-0.05, 0) is 24.1 Å². The van der Waals surface area contributed by atoms with Gasteiger partial charge in [-0.3, -0.25) is 0 Å². The van der Waals surface area contributed by atoms with E-state index >= 15 is 0 Å². The Morgan fingerprint density at radius 1 is 1.21 bits per heavy atom. The molecule has 0 saturated heterocycles. The molecule has 0 bridgehead atoms. The second-order valence-corrected chi connectivity index (χ2v) is 6.06. The zero-order valence-corrected chi connectivity index (χ0v) is 10.4. The Labute approximate surface area is 93.4 Å². The van der Waals surface area contributed by atoms with E-state index in [1.165, 1.54) is 0 Å². The summed E-state index contributed by atoms with van der Waals surface area (Å²) in [6.07, 6.45) is 0.923. The third-order valence-corrected chi connectivity index (χ3v) is 4.19. The fraction of sp³-hybridized carbons (Fsp3) is 0.400. The maximum absolute atomic E-state index is 11.5. The molecule has 0 N–H and O–H groups in total. The Hall–Kier alpha value is -0.350. The highest BCUT2D eigenvalue weighted by molar-refractivity contribution is 9.09. The summed E-state index contributed by atoms with van der Waals surface area (Å²) in [5.41, 5.74) is 1.15. The van der Waals surface area contributed by atoms with Crippen molar-refractivity contribution in [3.63, 3.8) is 0 Å². The molecule has 0 aromatic heterocycles. The van der Waals surface area contributed by atoms with E-state index in [-0.39, 0.29) is 5.75 Å². The Balaban J connectivity index is 2.94. The Bertz CT molecular complexity index is 381. The van der Waals surface area contributed by atoms with Gasteiger partial charge in [0.15, 0.2) is 9.84 Å². The number of benzene rings is 1. The van der Waals surface area contributed by atoms with E-state index in [1.54, 1.807) is 19.1 Å².